The van der Waals surface area contributed by atoms with Crippen molar-refractivity contribution < 1.29 is 32.2 Å². The molecule has 2 aromatic rings. The molecule has 1 saturated heterocycles. The van der Waals surface area contributed by atoms with Crippen LogP contribution in [0.2, 0.25) is 0 Å². The maximum absolute atomic E-state index is 12.8. The molecule has 9 nitrogen and oxygen atoms in total. The number of hydrogen-bond donors (Lipinski definition) is 1. The van der Waals surface area contributed by atoms with Crippen LogP contribution in [0, 0.1) is 0 Å². The zero-order valence-electron chi connectivity index (χ0n) is 17.9. The standard InChI is InChI=1S/C22H26N2O7S/c1-3-29-21(25)15(2)30-22(26)16-13-18(24-11-7-8-12-24)20(19(14-16)32(23,27)28)31-17-9-5-4-6-10-17/h4-6,9-10,13-15H,3,7-8,11-12H2,1-2H3,(H2,23,27,28). The summed E-state index contributed by atoms with van der Waals surface area (Å²) >= 11 is 0. The van der Waals surface area contributed by atoms with Crippen LogP contribution in [0.1, 0.15) is 37.0 Å². The Balaban J connectivity index is 2.07. The Bertz CT molecular complexity index is 1080. The molecule has 2 aromatic carbocycles. The number of anilines is 1. The molecule has 0 saturated carbocycles. The summed E-state index contributed by atoms with van der Waals surface area (Å²) in [6, 6.07) is 11.3. The van der Waals surface area contributed by atoms with E-state index in [0.717, 1.165) is 18.9 Å². The first-order valence-corrected chi connectivity index (χ1v) is 11.8. The molecule has 1 aliphatic heterocycles. The van der Waals surface area contributed by atoms with Gasteiger partial charge in [0.25, 0.3) is 0 Å². The Morgan fingerprint density at radius 2 is 1.78 bits per heavy atom. The first kappa shape index (κ1) is 23.6. The third-order valence-corrected chi connectivity index (χ3v) is 5.81. The van der Waals surface area contributed by atoms with Gasteiger partial charge in [0, 0.05) is 13.1 Å². The van der Waals surface area contributed by atoms with Crippen LogP contribution in [0.15, 0.2) is 47.4 Å². The smallest absolute Gasteiger partial charge is 0.347 e. The van der Waals surface area contributed by atoms with E-state index in [9.17, 15) is 18.0 Å². The second-order valence-corrected chi connectivity index (χ2v) is 8.81. The highest BCUT2D eigenvalue weighted by atomic mass is 32.2. The first-order valence-electron chi connectivity index (χ1n) is 10.3. The highest BCUT2D eigenvalue weighted by Gasteiger charge is 2.29. The van der Waals surface area contributed by atoms with Crippen molar-refractivity contribution >= 4 is 27.6 Å². The van der Waals surface area contributed by atoms with Gasteiger partial charge in [0.05, 0.1) is 17.9 Å². The van der Waals surface area contributed by atoms with E-state index >= 15 is 0 Å². The topological polar surface area (TPSA) is 125 Å². The van der Waals surface area contributed by atoms with Crippen molar-refractivity contribution in [3.05, 3.63) is 48.0 Å². The molecule has 1 unspecified atom stereocenters. The van der Waals surface area contributed by atoms with Crippen LogP contribution in [0.3, 0.4) is 0 Å². The maximum atomic E-state index is 12.8. The van der Waals surface area contributed by atoms with E-state index in [0.29, 0.717) is 24.5 Å². The number of hydrogen-bond acceptors (Lipinski definition) is 8. The summed E-state index contributed by atoms with van der Waals surface area (Å²) in [6.45, 7) is 4.48. The molecule has 2 N–H and O–H groups in total. The summed E-state index contributed by atoms with van der Waals surface area (Å²) in [7, 11) is -4.27. The van der Waals surface area contributed by atoms with Crippen LogP contribution in [0.4, 0.5) is 5.69 Å². The molecule has 0 radical (unpaired) electrons. The Hall–Kier alpha value is -3.11. The number of primary sulfonamides is 1. The number of rotatable bonds is 8. The molecule has 0 spiro atoms. The lowest BCUT2D eigenvalue weighted by Gasteiger charge is -2.24. The second-order valence-electron chi connectivity index (χ2n) is 7.28. The lowest BCUT2D eigenvalue weighted by Crippen LogP contribution is -2.27. The van der Waals surface area contributed by atoms with Crippen molar-refractivity contribution in [2.45, 2.75) is 37.7 Å². The van der Waals surface area contributed by atoms with E-state index in [-0.39, 0.29) is 22.8 Å². The molecule has 1 atom stereocenters. The van der Waals surface area contributed by atoms with Gasteiger partial charge >= 0.3 is 11.9 Å². The number of nitrogens with two attached hydrogens (primary N) is 1. The van der Waals surface area contributed by atoms with Crippen LogP contribution in [0.25, 0.3) is 0 Å². The monoisotopic (exact) mass is 462 g/mol. The number of carbonyl (C=O) groups excluding carboxylic acids is 2. The zero-order valence-corrected chi connectivity index (χ0v) is 18.8. The fourth-order valence-electron chi connectivity index (χ4n) is 3.35. The fraction of sp³-hybridized carbons (Fsp3) is 0.364. The van der Waals surface area contributed by atoms with Crippen LogP contribution in [-0.2, 0) is 24.3 Å². The van der Waals surface area contributed by atoms with Gasteiger partial charge in [-0.3, -0.25) is 0 Å². The molecule has 3 rings (SSSR count). The summed E-state index contributed by atoms with van der Waals surface area (Å²) in [5.74, 6) is -1.11. The van der Waals surface area contributed by atoms with Gasteiger partial charge in [-0.25, -0.2) is 23.1 Å². The van der Waals surface area contributed by atoms with Crippen molar-refractivity contribution in [2.75, 3.05) is 24.6 Å². The van der Waals surface area contributed by atoms with Gasteiger partial charge in [-0.2, -0.15) is 0 Å². The largest absolute Gasteiger partial charge is 0.463 e. The number of sulfonamides is 1. The molecule has 0 bridgehead atoms. The van der Waals surface area contributed by atoms with Crippen molar-refractivity contribution in [3.63, 3.8) is 0 Å². The lowest BCUT2D eigenvalue weighted by atomic mass is 10.1. The molecule has 1 aliphatic rings. The average Bonchev–Trinajstić information content (AvgIpc) is 3.28. The summed E-state index contributed by atoms with van der Waals surface area (Å²) < 4.78 is 40.9. The molecule has 1 heterocycles. The quantitative estimate of drug-likeness (QED) is 0.594. The van der Waals surface area contributed by atoms with E-state index in [1.54, 1.807) is 37.3 Å². The Morgan fingerprint density at radius 1 is 1.12 bits per heavy atom. The minimum absolute atomic E-state index is 0.0376. The Labute approximate surface area is 187 Å². The van der Waals surface area contributed by atoms with Gasteiger partial charge in [-0.1, -0.05) is 18.2 Å². The van der Waals surface area contributed by atoms with Crippen molar-refractivity contribution in [3.8, 4) is 11.5 Å². The summed E-state index contributed by atoms with van der Waals surface area (Å²) in [4.78, 5) is 26.2. The van der Waals surface area contributed by atoms with Crippen LogP contribution in [-0.4, -0.2) is 46.2 Å². The van der Waals surface area contributed by atoms with E-state index < -0.39 is 28.1 Å². The summed E-state index contributed by atoms with van der Waals surface area (Å²) in [6.07, 6.45) is 0.657. The highest BCUT2D eigenvalue weighted by Crippen LogP contribution is 2.40. The number of esters is 2. The minimum Gasteiger partial charge on any atom is -0.463 e. The first-order chi connectivity index (χ1) is 15.2. The minimum atomic E-state index is -4.27. The molecule has 172 valence electrons. The van der Waals surface area contributed by atoms with Gasteiger partial charge in [0.2, 0.25) is 10.0 Å². The molecule has 10 heteroatoms. The van der Waals surface area contributed by atoms with E-state index in [1.807, 2.05) is 4.90 Å². The number of carbonyl (C=O) groups is 2. The highest BCUT2D eigenvalue weighted by molar-refractivity contribution is 7.89. The summed E-state index contributed by atoms with van der Waals surface area (Å²) in [5, 5.41) is 5.48. The normalized spacial score (nSPS) is 14.7. The van der Waals surface area contributed by atoms with E-state index in [1.165, 1.54) is 13.0 Å². The maximum Gasteiger partial charge on any atom is 0.347 e. The molecule has 0 amide bonds. The lowest BCUT2D eigenvalue weighted by molar-refractivity contribution is -0.152. The van der Waals surface area contributed by atoms with Gasteiger partial charge < -0.3 is 19.1 Å². The number of benzene rings is 2. The molecule has 0 aliphatic carbocycles. The van der Waals surface area contributed by atoms with Crippen LogP contribution < -0.4 is 14.8 Å². The van der Waals surface area contributed by atoms with E-state index in [4.69, 9.17) is 19.3 Å². The number of nitrogens with zero attached hydrogens (tertiary/aromatic N) is 1. The van der Waals surface area contributed by atoms with Crippen LogP contribution in [0.5, 0.6) is 11.5 Å². The fourth-order valence-corrected chi connectivity index (χ4v) is 4.05. The number of ether oxygens (including phenoxy) is 3. The van der Waals surface area contributed by atoms with Crippen molar-refractivity contribution in [1.82, 2.24) is 0 Å². The third kappa shape index (κ3) is 5.57. The predicted molar refractivity (Wildman–Crippen MR) is 117 cm³/mol. The average molecular weight is 463 g/mol. The molecule has 32 heavy (non-hydrogen) atoms. The molecule has 1 fully saturated rings. The van der Waals surface area contributed by atoms with Gasteiger partial charge in [0.1, 0.15) is 10.6 Å². The van der Waals surface area contributed by atoms with Crippen molar-refractivity contribution in [2.24, 2.45) is 5.14 Å². The molecule has 0 aromatic heterocycles. The number of para-hydroxylation sites is 1. The molecular weight excluding hydrogens is 436 g/mol. The molecular formula is C22H26N2O7S. The SMILES string of the molecule is CCOC(=O)C(C)OC(=O)c1cc(N2CCCC2)c(Oc2ccccc2)c(S(N)(=O)=O)c1. The van der Waals surface area contributed by atoms with E-state index in [2.05, 4.69) is 0 Å². The Morgan fingerprint density at radius 3 is 2.38 bits per heavy atom. The Kier molecular flexibility index (Phi) is 7.37. The van der Waals surface area contributed by atoms with Gasteiger partial charge in [-0.05, 0) is 51.0 Å². The third-order valence-electron chi connectivity index (χ3n) is 4.89. The zero-order chi connectivity index (χ0) is 23.3. The van der Waals surface area contributed by atoms with Gasteiger partial charge in [-0.15, -0.1) is 0 Å². The van der Waals surface area contributed by atoms with Gasteiger partial charge in [0.15, 0.2) is 11.9 Å². The predicted octanol–water partition coefficient (Wildman–Crippen LogP) is 2.83. The van der Waals surface area contributed by atoms with Crippen molar-refractivity contribution in [1.29, 1.82) is 0 Å². The summed E-state index contributed by atoms with van der Waals surface area (Å²) in [5.41, 5.74) is 0.348. The second kappa shape index (κ2) is 10.0. The van der Waals surface area contributed by atoms with Crippen LogP contribution >= 0.6 is 0 Å².